The molecular formula is C16H27NO2S. The zero-order valence-corrected chi connectivity index (χ0v) is 13.4. The lowest BCUT2D eigenvalue weighted by atomic mass is 10.2. The SMILES string of the molecule is CCCCOCC(O)CSc1ccc(CNCC)cc1. The van der Waals surface area contributed by atoms with E-state index < -0.39 is 6.10 Å². The lowest BCUT2D eigenvalue weighted by Gasteiger charge is -2.11. The first kappa shape index (κ1) is 17.5. The lowest BCUT2D eigenvalue weighted by molar-refractivity contribution is 0.0473. The van der Waals surface area contributed by atoms with Crippen LogP contribution in [-0.4, -0.2) is 36.7 Å². The first-order valence-corrected chi connectivity index (χ1v) is 8.43. The van der Waals surface area contributed by atoms with Gasteiger partial charge < -0.3 is 15.2 Å². The molecule has 114 valence electrons. The molecule has 0 amide bonds. The van der Waals surface area contributed by atoms with Gasteiger partial charge in [-0.05, 0) is 30.7 Å². The molecule has 0 heterocycles. The Morgan fingerprint density at radius 3 is 2.65 bits per heavy atom. The van der Waals surface area contributed by atoms with E-state index in [4.69, 9.17) is 4.74 Å². The molecule has 1 aromatic carbocycles. The summed E-state index contributed by atoms with van der Waals surface area (Å²) in [6, 6.07) is 8.49. The van der Waals surface area contributed by atoms with Crippen molar-refractivity contribution in [1.82, 2.24) is 5.32 Å². The fourth-order valence-corrected chi connectivity index (χ4v) is 2.49. The zero-order valence-electron chi connectivity index (χ0n) is 12.6. The monoisotopic (exact) mass is 297 g/mol. The molecule has 0 aliphatic heterocycles. The van der Waals surface area contributed by atoms with E-state index in [1.165, 1.54) is 10.5 Å². The number of nitrogens with one attached hydrogen (secondary N) is 1. The number of unbranched alkanes of at least 4 members (excludes halogenated alkanes) is 1. The Morgan fingerprint density at radius 2 is 2.00 bits per heavy atom. The molecule has 0 bridgehead atoms. The normalized spacial score (nSPS) is 12.6. The van der Waals surface area contributed by atoms with E-state index in [0.29, 0.717) is 12.4 Å². The number of aliphatic hydroxyl groups is 1. The average molecular weight is 297 g/mol. The van der Waals surface area contributed by atoms with Gasteiger partial charge in [0.05, 0.1) is 12.7 Å². The van der Waals surface area contributed by atoms with E-state index >= 15 is 0 Å². The van der Waals surface area contributed by atoms with E-state index in [-0.39, 0.29) is 0 Å². The van der Waals surface area contributed by atoms with E-state index in [0.717, 1.165) is 32.5 Å². The van der Waals surface area contributed by atoms with E-state index in [1.807, 2.05) is 0 Å². The van der Waals surface area contributed by atoms with Crippen LogP contribution in [0.2, 0.25) is 0 Å². The fourth-order valence-electron chi connectivity index (χ4n) is 1.68. The Balaban J connectivity index is 2.20. The summed E-state index contributed by atoms with van der Waals surface area (Å²) >= 11 is 1.67. The van der Waals surface area contributed by atoms with E-state index in [2.05, 4.69) is 43.4 Å². The number of rotatable bonds is 11. The summed E-state index contributed by atoms with van der Waals surface area (Å²) in [5.74, 6) is 0.679. The van der Waals surface area contributed by atoms with Crippen LogP contribution >= 0.6 is 11.8 Å². The number of hydrogen-bond donors (Lipinski definition) is 2. The molecule has 0 aliphatic carbocycles. The van der Waals surface area contributed by atoms with Crippen molar-refractivity contribution in [2.45, 2.75) is 44.2 Å². The summed E-state index contributed by atoms with van der Waals surface area (Å²) in [6.07, 6.45) is 1.80. The maximum atomic E-state index is 9.82. The molecule has 1 atom stereocenters. The quantitative estimate of drug-likeness (QED) is 0.486. The molecule has 0 saturated heterocycles. The Bertz CT molecular complexity index is 343. The minimum atomic E-state index is -0.390. The highest BCUT2D eigenvalue weighted by molar-refractivity contribution is 7.99. The molecule has 1 unspecified atom stereocenters. The van der Waals surface area contributed by atoms with Crippen molar-refractivity contribution in [2.24, 2.45) is 0 Å². The number of thioether (sulfide) groups is 1. The van der Waals surface area contributed by atoms with E-state index in [9.17, 15) is 5.11 Å². The molecule has 0 fully saturated rings. The molecule has 1 aromatic rings. The van der Waals surface area contributed by atoms with Crippen LogP contribution in [0, 0.1) is 0 Å². The van der Waals surface area contributed by atoms with Gasteiger partial charge in [0.1, 0.15) is 0 Å². The van der Waals surface area contributed by atoms with Crippen LogP contribution in [0.15, 0.2) is 29.2 Å². The van der Waals surface area contributed by atoms with Gasteiger partial charge >= 0.3 is 0 Å². The Morgan fingerprint density at radius 1 is 1.25 bits per heavy atom. The van der Waals surface area contributed by atoms with Gasteiger partial charge in [-0.2, -0.15) is 0 Å². The lowest BCUT2D eigenvalue weighted by Crippen LogP contribution is -2.18. The summed E-state index contributed by atoms with van der Waals surface area (Å²) in [5.41, 5.74) is 1.29. The van der Waals surface area contributed by atoms with Crippen molar-refractivity contribution in [3.63, 3.8) is 0 Å². The van der Waals surface area contributed by atoms with Crippen LogP contribution < -0.4 is 5.32 Å². The minimum Gasteiger partial charge on any atom is -0.390 e. The third-order valence-electron chi connectivity index (χ3n) is 2.90. The van der Waals surface area contributed by atoms with Crippen LogP contribution in [0.4, 0.5) is 0 Å². The second-order valence-corrected chi connectivity index (χ2v) is 5.91. The minimum absolute atomic E-state index is 0.390. The Labute approximate surface area is 127 Å². The molecule has 1 rings (SSSR count). The number of aliphatic hydroxyl groups excluding tert-OH is 1. The standard InChI is InChI=1S/C16H27NO2S/c1-3-5-10-19-12-15(18)13-20-16-8-6-14(7-9-16)11-17-4-2/h6-9,15,17-18H,3-5,10-13H2,1-2H3. The van der Waals surface area contributed by atoms with Crippen molar-refractivity contribution in [3.8, 4) is 0 Å². The van der Waals surface area contributed by atoms with Crippen LogP contribution in [0.5, 0.6) is 0 Å². The van der Waals surface area contributed by atoms with Crippen molar-refractivity contribution in [1.29, 1.82) is 0 Å². The van der Waals surface area contributed by atoms with Crippen LogP contribution in [-0.2, 0) is 11.3 Å². The molecule has 2 N–H and O–H groups in total. The number of ether oxygens (including phenoxy) is 1. The molecule has 4 heteroatoms. The molecule has 0 saturated carbocycles. The Kier molecular flexibility index (Phi) is 9.75. The largest absolute Gasteiger partial charge is 0.390 e. The predicted molar refractivity (Wildman–Crippen MR) is 86.3 cm³/mol. The van der Waals surface area contributed by atoms with Gasteiger partial charge in [-0.1, -0.05) is 32.4 Å². The van der Waals surface area contributed by atoms with Gasteiger partial charge in [-0.15, -0.1) is 11.8 Å². The van der Waals surface area contributed by atoms with Crippen molar-refractivity contribution >= 4 is 11.8 Å². The van der Waals surface area contributed by atoms with Gasteiger partial charge in [-0.3, -0.25) is 0 Å². The van der Waals surface area contributed by atoms with Crippen LogP contribution in [0.3, 0.4) is 0 Å². The predicted octanol–water partition coefficient (Wildman–Crippen LogP) is 3.07. The summed E-state index contributed by atoms with van der Waals surface area (Å²) in [6.45, 7) is 7.32. The smallest absolute Gasteiger partial charge is 0.0867 e. The van der Waals surface area contributed by atoms with Crippen molar-refractivity contribution in [2.75, 3.05) is 25.5 Å². The molecule has 20 heavy (non-hydrogen) atoms. The zero-order chi connectivity index (χ0) is 14.6. The first-order chi connectivity index (χ1) is 9.76. The molecule has 0 radical (unpaired) electrons. The van der Waals surface area contributed by atoms with Gasteiger partial charge in [0, 0.05) is 23.8 Å². The molecule has 0 aromatic heterocycles. The number of hydrogen-bond acceptors (Lipinski definition) is 4. The fraction of sp³-hybridized carbons (Fsp3) is 0.625. The van der Waals surface area contributed by atoms with Gasteiger partial charge in [-0.25, -0.2) is 0 Å². The van der Waals surface area contributed by atoms with Crippen LogP contribution in [0.1, 0.15) is 32.3 Å². The molecule has 3 nitrogen and oxygen atoms in total. The molecule has 0 aliphatic rings. The highest BCUT2D eigenvalue weighted by Gasteiger charge is 2.05. The van der Waals surface area contributed by atoms with Crippen molar-refractivity contribution < 1.29 is 9.84 Å². The molecular weight excluding hydrogens is 270 g/mol. The second-order valence-electron chi connectivity index (χ2n) is 4.82. The first-order valence-electron chi connectivity index (χ1n) is 7.44. The summed E-state index contributed by atoms with van der Waals surface area (Å²) in [4.78, 5) is 1.19. The maximum absolute atomic E-state index is 9.82. The van der Waals surface area contributed by atoms with Gasteiger partial charge in [0.2, 0.25) is 0 Å². The van der Waals surface area contributed by atoms with Gasteiger partial charge in [0.25, 0.3) is 0 Å². The third kappa shape index (κ3) is 7.90. The third-order valence-corrected chi connectivity index (χ3v) is 4.05. The average Bonchev–Trinajstić information content (AvgIpc) is 2.48. The highest BCUT2D eigenvalue weighted by atomic mass is 32.2. The van der Waals surface area contributed by atoms with Crippen LogP contribution in [0.25, 0.3) is 0 Å². The second kappa shape index (κ2) is 11.1. The molecule has 0 spiro atoms. The topological polar surface area (TPSA) is 41.5 Å². The number of benzene rings is 1. The highest BCUT2D eigenvalue weighted by Crippen LogP contribution is 2.19. The Hall–Kier alpha value is -0.550. The van der Waals surface area contributed by atoms with E-state index in [1.54, 1.807) is 11.8 Å². The van der Waals surface area contributed by atoms with Gasteiger partial charge in [0.15, 0.2) is 0 Å². The maximum Gasteiger partial charge on any atom is 0.0867 e. The summed E-state index contributed by atoms with van der Waals surface area (Å²) in [7, 11) is 0. The summed E-state index contributed by atoms with van der Waals surface area (Å²) < 4.78 is 5.42. The summed E-state index contributed by atoms with van der Waals surface area (Å²) in [5, 5.41) is 13.1. The van der Waals surface area contributed by atoms with Crippen molar-refractivity contribution in [3.05, 3.63) is 29.8 Å².